The van der Waals surface area contributed by atoms with Gasteiger partial charge in [0.1, 0.15) is 5.82 Å². The maximum Gasteiger partial charge on any atom is 0.254 e. The van der Waals surface area contributed by atoms with E-state index < -0.39 is 10.0 Å². The molecule has 1 fully saturated rings. The number of nitrogens with zero attached hydrogens (tertiary/aromatic N) is 3. The van der Waals surface area contributed by atoms with Crippen LogP contribution >= 0.6 is 0 Å². The molecule has 30 heavy (non-hydrogen) atoms. The van der Waals surface area contributed by atoms with E-state index in [0.29, 0.717) is 49.6 Å². The number of likely N-dealkylation sites (tertiary alicyclic amines) is 1. The van der Waals surface area contributed by atoms with Crippen molar-refractivity contribution >= 4 is 15.9 Å². The lowest BCUT2D eigenvalue weighted by molar-refractivity contribution is -0.131. The van der Waals surface area contributed by atoms with E-state index in [4.69, 9.17) is 0 Å². The highest BCUT2D eigenvalue weighted by molar-refractivity contribution is 7.88. The summed E-state index contributed by atoms with van der Waals surface area (Å²) in [5.41, 5.74) is 1.85. The molecule has 1 aromatic heterocycles. The van der Waals surface area contributed by atoms with E-state index in [9.17, 15) is 18.0 Å². The summed E-state index contributed by atoms with van der Waals surface area (Å²) in [4.78, 5) is 34.8. The van der Waals surface area contributed by atoms with E-state index in [1.54, 1.807) is 0 Å². The van der Waals surface area contributed by atoms with Crippen molar-refractivity contribution in [2.45, 2.75) is 38.1 Å². The molecule has 0 unspecified atom stereocenters. The average molecular weight is 431 g/mol. The number of fused-ring (bicyclic) bond motifs is 1. The van der Waals surface area contributed by atoms with Gasteiger partial charge in [0.2, 0.25) is 15.9 Å². The number of hydrogen-bond acceptors (Lipinski definition) is 5. The van der Waals surface area contributed by atoms with Gasteiger partial charge in [-0.25, -0.2) is 13.4 Å². The first-order valence-corrected chi connectivity index (χ1v) is 12.0. The van der Waals surface area contributed by atoms with Crippen LogP contribution in [0.25, 0.3) is 0 Å². The molecule has 1 amide bonds. The zero-order chi connectivity index (χ0) is 21.5. The minimum Gasteiger partial charge on any atom is -0.341 e. The van der Waals surface area contributed by atoms with E-state index in [1.165, 1.54) is 10.6 Å². The fourth-order valence-corrected chi connectivity index (χ4v) is 5.03. The summed E-state index contributed by atoms with van der Waals surface area (Å²) in [6, 6.07) is 9.68. The lowest BCUT2D eigenvalue weighted by atomic mass is 10.00. The summed E-state index contributed by atoms with van der Waals surface area (Å²) < 4.78 is 25.1. The molecule has 2 aliphatic rings. The molecule has 1 aromatic carbocycles. The maximum atomic E-state index is 12.9. The minimum absolute atomic E-state index is 0.0623. The molecule has 160 valence electrons. The van der Waals surface area contributed by atoms with Gasteiger partial charge in [-0.3, -0.25) is 9.59 Å². The van der Waals surface area contributed by atoms with Gasteiger partial charge in [-0.1, -0.05) is 30.3 Å². The fraction of sp³-hybridized carbons (Fsp3) is 0.476. The third kappa shape index (κ3) is 4.04. The third-order valence-corrected chi connectivity index (χ3v) is 7.33. The molecular formula is C21H26N4O4S. The predicted molar refractivity (Wildman–Crippen MR) is 113 cm³/mol. The van der Waals surface area contributed by atoms with E-state index in [-0.39, 0.29) is 29.8 Å². The van der Waals surface area contributed by atoms with Crippen LogP contribution < -0.4 is 5.56 Å². The van der Waals surface area contributed by atoms with Crippen molar-refractivity contribution in [3.8, 4) is 0 Å². The second kappa shape index (κ2) is 7.96. The summed E-state index contributed by atoms with van der Waals surface area (Å²) in [7, 11) is -3.34. The van der Waals surface area contributed by atoms with Crippen molar-refractivity contribution < 1.29 is 13.2 Å². The molecule has 2 atom stereocenters. The quantitative estimate of drug-likeness (QED) is 0.785. The first-order valence-electron chi connectivity index (χ1n) is 10.1. The van der Waals surface area contributed by atoms with Crippen LogP contribution in [0.15, 0.2) is 35.1 Å². The maximum absolute atomic E-state index is 12.9. The monoisotopic (exact) mass is 430 g/mol. The number of sulfonamides is 1. The second-order valence-electron chi connectivity index (χ2n) is 8.13. The van der Waals surface area contributed by atoms with Crippen LogP contribution in [0.2, 0.25) is 0 Å². The van der Waals surface area contributed by atoms with Crippen LogP contribution in [-0.2, 0) is 27.8 Å². The summed E-state index contributed by atoms with van der Waals surface area (Å²) >= 11 is 0. The Balaban J connectivity index is 1.51. The zero-order valence-corrected chi connectivity index (χ0v) is 18.0. The number of H-pyrrole nitrogens is 1. The van der Waals surface area contributed by atoms with Crippen LogP contribution in [0.4, 0.5) is 0 Å². The Bertz CT molecular complexity index is 1110. The average Bonchev–Trinajstić information content (AvgIpc) is 3.22. The zero-order valence-electron chi connectivity index (χ0n) is 17.2. The molecule has 0 radical (unpaired) electrons. The van der Waals surface area contributed by atoms with Crippen LogP contribution in [0.3, 0.4) is 0 Å². The molecule has 0 bridgehead atoms. The van der Waals surface area contributed by atoms with Crippen molar-refractivity contribution in [1.82, 2.24) is 19.2 Å². The number of hydrogen-bond donors (Lipinski definition) is 1. The SMILES string of the molecule is C[C@H](C(=O)N1CC[C@@H](c2nc3c(c(=O)[nH]2)CCN(S(C)(=O)=O)C3)C1)c1ccccc1. The summed E-state index contributed by atoms with van der Waals surface area (Å²) in [6.45, 7) is 3.42. The lowest BCUT2D eigenvalue weighted by Crippen LogP contribution is -2.39. The third-order valence-electron chi connectivity index (χ3n) is 6.08. The number of aromatic nitrogens is 2. The van der Waals surface area contributed by atoms with Gasteiger partial charge in [0.25, 0.3) is 5.56 Å². The van der Waals surface area contributed by atoms with Crippen molar-refractivity contribution in [2.75, 3.05) is 25.9 Å². The molecule has 4 rings (SSSR count). The molecule has 0 spiro atoms. The fourth-order valence-electron chi connectivity index (χ4n) is 4.25. The highest BCUT2D eigenvalue weighted by atomic mass is 32.2. The number of carbonyl (C=O) groups is 1. The molecule has 1 N–H and O–H groups in total. The Kier molecular flexibility index (Phi) is 5.50. The van der Waals surface area contributed by atoms with Gasteiger partial charge in [-0.2, -0.15) is 4.31 Å². The van der Waals surface area contributed by atoms with Crippen molar-refractivity contribution in [3.63, 3.8) is 0 Å². The van der Waals surface area contributed by atoms with Crippen LogP contribution in [-0.4, -0.2) is 59.4 Å². The molecule has 2 aliphatic heterocycles. The van der Waals surface area contributed by atoms with Gasteiger partial charge in [0.05, 0.1) is 24.4 Å². The van der Waals surface area contributed by atoms with E-state index in [1.807, 2.05) is 42.2 Å². The number of nitrogens with one attached hydrogen (secondary N) is 1. The van der Waals surface area contributed by atoms with Gasteiger partial charge >= 0.3 is 0 Å². The molecule has 8 nitrogen and oxygen atoms in total. The van der Waals surface area contributed by atoms with Crippen molar-refractivity contribution in [2.24, 2.45) is 0 Å². The van der Waals surface area contributed by atoms with Crippen molar-refractivity contribution in [1.29, 1.82) is 0 Å². The smallest absolute Gasteiger partial charge is 0.254 e. The Hall–Kier alpha value is -2.52. The normalized spacial score (nSPS) is 20.7. The molecule has 0 aliphatic carbocycles. The highest BCUT2D eigenvalue weighted by Crippen LogP contribution is 2.28. The predicted octanol–water partition coefficient (Wildman–Crippen LogP) is 1.21. The number of benzene rings is 1. The Morgan fingerprint density at radius 1 is 1.23 bits per heavy atom. The van der Waals surface area contributed by atoms with Crippen LogP contribution in [0, 0.1) is 0 Å². The Morgan fingerprint density at radius 3 is 2.67 bits per heavy atom. The Morgan fingerprint density at radius 2 is 1.97 bits per heavy atom. The van der Waals surface area contributed by atoms with Gasteiger partial charge in [-0.05, 0) is 25.3 Å². The van der Waals surface area contributed by atoms with E-state index >= 15 is 0 Å². The first-order chi connectivity index (χ1) is 14.2. The van der Waals surface area contributed by atoms with E-state index in [2.05, 4.69) is 9.97 Å². The van der Waals surface area contributed by atoms with Gasteiger partial charge in [0.15, 0.2) is 0 Å². The molecular weight excluding hydrogens is 404 g/mol. The largest absolute Gasteiger partial charge is 0.341 e. The van der Waals surface area contributed by atoms with E-state index in [0.717, 1.165) is 5.56 Å². The molecule has 9 heteroatoms. The number of aromatic amines is 1. The molecule has 0 saturated carbocycles. The second-order valence-corrected chi connectivity index (χ2v) is 10.1. The number of carbonyl (C=O) groups excluding carboxylic acids is 1. The van der Waals surface area contributed by atoms with Crippen LogP contribution in [0.5, 0.6) is 0 Å². The standard InChI is InChI=1S/C21H26N4O4S/c1-14(15-6-4-3-5-7-15)21(27)24-10-8-16(12-24)19-22-18-13-25(30(2,28)29)11-9-17(18)20(26)23-19/h3-7,14,16H,8-13H2,1-2H3,(H,22,23,26)/t14-,16+/m0/s1. The first kappa shape index (κ1) is 20.7. The lowest BCUT2D eigenvalue weighted by Gasteiger charge is -2.26. The molecule has 3 heterocycles. The van der Waals surface area contributed by atoms with Crippen molar-refractivity contribution in [3.05, 3.63) is 63.3 Å². The molecule has 1 saturated heterocycles. The summed E-state index contributed by atoms with van der Waals surface area (Å²) in [6.07, 6.45) is 2.24. The van der Waals surface area contributed by atoms with Crippen LogP contribution in [0.1, 0.15) is 47.8 Å². The minimum atomic E-state index is -3.34. The topological polar surface area (TPSA) is 103 Å². The summed E-state index contributed by atoms with van der Waals surface area (Å²) in [5.74, 6) is 0.302. The summed E-state index contributed by atoms with van der Waals surface area (Å²) in [5, 5.41) is 0. The number of rotatable bonds is 4. The molecule has 2 aromatic rings. The van der Waals surface area contributed by atoms with Gasteiger partial charge in [0, 0.05) is 31.1 Å². The van der Waals surface area contributed by atoms with Gasteiger partial charge in [-0.15, -0.1) is 0 Å². The number of amides is 1. The highest BCUT2D eigenvalue weighted by Gasteiger charge is 2.33. The van der Waals surface area contributed by atoms with Gasteiger partial charge < -0.3 is 9.88 Å². The Labute approximate surface area is 176 Å².